The number of amides is 1. The Bertz CT molecular complexity index is 421. The van der Waals surface area contributed by atoms with Gasteiger partial charge in [0.15, 0.2) is 0 Å². The monoisotopic (exact) mass is 266 g/mol. The van der Waals surface area contributed by atoms with Crippen LogP contribution in [-0.2, 0) is 4.79 Å². The van der Waals surface area contributed by atoms with E-state index in [1.807, 2.05) is 6.92 Å². The summed E-state index contributed by atoms with van der Waals surface area (Å²) in [5.41, 5.74) is 0. The molecule has 0 bridgehead atoms. The van der Waals surface area contributed by atoms with Gasteiger partial charge in [0.05, 0.1) is 13.2 Å². The van der Waals surface area contributed by atoms with Gasteiger partial charge in [-0.05, 0) is 19.8 Å². The highest BCUT2D eigenvalue weighted by Crippen LogP contribution is 2.12. The first-order valence-corrected chi connectivity index (χ1v) is 6.50. The first kappa shape index (κ1) is 15.2. The molecule has 0 aromatic carbocycles. The van der Waals surface area contributed by atoms with Crippen molar-refractivity contribution in [3.05, 3.63) is 11.9 Å². The lowest BCUT2D eigenvalue weighted by Gasteiger charge is -2.10. The maximum absolute atomic E-state index is 11.6. The molecule has 6 heteroatoms. The largest absolute Gasteiger partial charge is 0.478 e. The molecule has 19 heavy (non-hydrogen) atoms. The van der Waals surface area contributed by atoms with Gasteiger partial charge in [0.2, 0.25) is 11.8 Å². The van der Waals surface area contributed by atoms with Gasteiger partial charge in [0.25, 0.3) is 0 Å². The quantitative estimate of drug-likeness (QED) is 0.779. The number of anilines is 1. The Morgan fingerprint density at radius 3 is 2.79 bits per heavy atom. The molecule has 6 nitrogen and oxygen atoms in total. The molecule has 2 N–H and O–H groups in total. The molecule has 0 fully saturated rings. The third kappa shape index (κ3) is 6.03. The molecule has 0 aliphatic heterocycles. The van der Waals surface area contributed by atoms with Crippen LogP contribution in [0.5, 0.6) is 5.88 Å². The van der Waals surface area contributed by atoms with Crippen LogP contribution in [0.3, 0.4) is 0 Å². The van der Waals surface area contributed by atoms with Gasteiger partial charge in [0.1, 0.15) is 11.6 Å². The standard InChI is InChI=1S/C13H22N4O2/c1-5-19-13-6-11(16-10(4)17-13)14-8-12(18)15-7-9(2)3/h6,9H,5,7-8H2,1-4H3,(H,15,18)(H,14,16,17). The fraction of sp³-hybridized carbons (Fsp3) is 0.615. The van der Waals surface area contributed by atoms with E-state index in [-0.39, 0.29) is 12.5 Å². The minimum Gasteiger partial charge on any atom is -0.478 e. The fourth-order valence-corrected chi connectivity index (χ4v) is 1.40. The van der Waals surface area contributed by atoms with Gasteiger partial charge in [-0.15, -0.1) is 0 Å². The fourth-order valence-electron chi connectivity index (χ4n) is 1.40. The van der Waals surface area contributed by atoms with Gasteiger partial charge >= 0.3 is 0 Å². The van der Waals surface area contributed by atoms with E-state index in [1.54, 1.807) is 13.0 Å². The molecule has 0 saturated carbocycles. The number of nitrogens with one attached hydrogen (secondary N) is 2. The van der Waals surface area contributed by atoms with Crippen LogP contribution in [0.2, 0.25) is 0 Å². The minimum atomic E-state index is -0.0528. The van der Waals surface area contributed by atoms with Crippen molar-refractivity contribution in [2.75, 3.05) is 25.0 Å². The lowest BCUT2D eigenvalue weighted by Crippen LogP contribution is -2.32. The summed E-state index contributed by atoms with van der Waals surface area (Å²) in [6.45, 7) is 9.19. The van der Waals surface area contributed by atoms with E-state index in [0.717, 1.165) is 0 Å². The van der Waals surface area contributed by atoms with E-state index in [1.165, 1.54) is 0 Å². The van der Waals surface area contributed by atoms with Crippen LogP contribution in [0.4, 0.5) is 5.82 Å². The highest BCUT2D eigenvalue weighted by Gasteiger charge is 2.05. The van der Waals surface area contributed by atoms with Crippen molar-refractivity contribution >= 4 is 11.7 Å². The molecule has 1 amide bonds. The summed E-state index contributed by atoms with van der Waals surface area (Å²) in [6.07, 6.45) is 0. The third-order valence-electron chi connectivity index (χ3n) is 2.24. The summed E-state index contributed by atoms with van der Waals surface area (Å²) in [4.78, 5) is 19.9. The average molecular weight is 266 g/mol. The predicted molar refractivity (Wildman–Crippen MR) is 74.3 cm³/mol. The average Bonchev–Trinajstić information content (AvgIpc) is 2.33. The topological polar surface area (TPSA) is 76.1 Å². The summed E-state index contributed by atoms with van der Waals surface area (Å²) >= 11 is 0. The van der Waals surface area contributed by atoms with Crippen molar-refractivity contribution in [2.45, 2.75) is 27.7 Å². The van der Waals surface area contributed by atoms with Crippen LogP contribution in [0.15, 0.2) is 6.07 Å². The number of aryl methyl sites for hydroxylation is 1. The molecule has 0 atom stereocenters. The smallest absolute Gasteiger partial charge is 0.239 e. The maximum Gasteiger partial charge on any atom is 0.239 e. The molecule has 106 valence electrons. The Hall–Kier alpha value is -1.85. The van der Waals surface area contributed by atoms with Gasteiger partial charge in [-0.2, -0.15) is 4.98 Å². The lowest BCUT2D eigenvalue weighted by atomic mass is 10.2. The maximum atomic E-state index is 11.6. The molecule has 0 aliphatic carbocycles. The van der Waals surface area contributed by atoms with E-state index >= 15 is 0 Å². The van der Waals surface area contributed by atoms with Crippen LogP contribution in [0.1, 0.15) is 26.6 Å². The zero-order valence-corrected chi connectivity index (χ0v) is 12.0. The second-order valence-corrected chi connectivity index (χ2v) is 4.62. The van der Waals surface area contributed by atoms with Crippen LogP contribution in [-0.4, -0.2) is 35.6 Å². The van der Waals surface area contributed by atoms with Gasteiger partial charge in [0, 0.05) is 12.6 Å². The SMILES string of the molecule is CCOc1cc(NCC(=O)NCC(C)C)nc(C)n1. The van der Waals surface area contributed by atoms with Gasteiger partial charge in [-0.3, -0.25) is 4.79 Å². The summed E-state index contributed by atoms with van der Waals surface area (Å²) in [5, 5.41) is 5.80. The van der Waals surface area contributed by atoms with E-state index in [4.69, 9.17) is 4.74 Å². The van der Waals surface area contributed by atoms with Crippen molar-refractivity contribution in [2.24, 2.45) is 5.92 Å². The Kier molecular flexibility index (Phi) is 6.05. The van der Waals surface area contributed by atoms with Crippen molar-refractivity contribution in [3.8, 4) is 5.88 Å². The number of carbonyl (C=O) groups excluding carboxylic acids is 1. The van der Waals surface area contributed by atoms with Crippen molar-refractivity contribution < 1.29 is 9.53 Å². The number of hydrogen-bond donors (Lipinski definition) is 2. The Balaban J connectivity index is 2.50. The van der Waals surface area contributed by atoms with Gasteiger partial charge < -0.3 is 15.4 Å². The number of hydrogen-bond acceptors (Lipinski definition) is 5. The first-order chi connectivity index (χ1) is 9.01. The molecule has 0 aliphatic rings. The third-order valence-corrected chi connectivity index (χ3v) is 2.24. The minimum absolute atomic E-state index is 0.0528. The molecule has 0 saturated heterocycles. The van der Waals surface area contributed by atoms with Crippen molar-refractivity contribution in [3.63, 3.8) is 0 Å². The molecule has 1 heterocycles. The molecular weight excluding hydrogens is 244 g/mol. The van der Waals surface area contributed by atoms with Crippen LogP contribution < -0.4 is 15.4 Å². The molecule has 1 aromatic heterocycles. The number of rotatable bonds is 7. The molecule has 0 spiro atoms. The summed E-state index contributed by atoms with van der Waals surface area (Å²) < 4.78 is 5.32. The second kappa shape index (κ2) is 7.56. The van der Waals surface area contributed by atoms with Crippen molar-refractivity contribution in [1.29, 1.82) is 0 Å². The second-order valence-electron chi connectivity index (χ2n) is 4.62. The zero-order valence-electron chi connectivity index (χ0n) is 12.0. The van der Waals surface area contributed by atoms with Crippen LogP contribution in [0.25, 0.3) is 0 Å². The zero-order chi connectivity index (χ0) is 14.3. The number of aromatic nitrogens is 2. The summed E-state index contributed by atoms with van der Waals surface area (Å²) in [5.74, 6) is 2.10. The van der Waals surface area contributed by atoms with E-state index in [2.05, 4.69) is 34.4 Å². The Morgan fingerprint density at radius 2 is 2.16 bits per heavy atom. The molecule has 1 rings (SSSR count). The van der Waals surface area contributed by atoms with E-state index in [9.17, 15) is 4.79 Å². The highest BCUT2D eigenvalue weighted by atomic mass is 16.5. The van der Waals surface area contributed by atoms with Gasteiger partial charge in [-0.1, -0.05) is 13.8 Å². The van der Waals surface area contributed by atoms with Gasteiger partial charge in [-0.25, -0.2) is 4.98 Å². The van der Waals surface area contributed by atoms with E-state index in [0.29, 0.717) is 36.6 Å². The number of ether oxygens (including phenoxy) is 1. The molecule has 0 unspecified atom stereocenters. The van der Waals surface area contributed by atoms with Crippen LogP contribution in [0, 0.1) is 12.8 Å². The number of nitrogens with zero attached hydrogens (tertiary/aromatic N) is 2. The Labute approximate surface area is 114 Å². The highest BCUT2D eigenvalue weighted by molar-refractivity contribution is 5.80. The lowest BCUT2D eigenvalue weighted by molar-refractivity contribution is -0.119. The predicted octanol–water partition coefficient (Wildman–Crippen LogP) is 1.37. The Morgan fingerprint density at radius 1 is 1.42 bits per heavy atom. The first-order valence-electron chi connectivity index (χ1n) is 6.50. The molecule has 1 aromatic rings. The van der Waals surface area contributed by atoms with Crippen LogP contribution >= 0.6 is 0 Å². The summed E-state index contributed by atoms with van der Waals surface area (Å²) in [7, 11) is 0. The molecule has 0 radical (unpaired) electrons. The molecular formula is C13H22N4O2. The summed E-state index contributed by atoms with van der Waals surface area (Å²) in [6, 6.07) is 1.69. The van der Waals surface area contributed by atoms with E-state index < -0.39 is 0 Å². The number of carbonyl (C=O) groups is 1. The van der Waals surface area contributed by atoms with Crippen molar-refractivity contribution in [1.82, 2.24) is 15.3 Å². The normalized spacial score (nSPS) is 10.4.